The molecule has 0 unspecified atom stereocenters. The molecule has 174 valence electrons. The predicted octanol–water partition coefficient (Wildman–Crippen LogP) is 5.48. The van der Waals surface area contributed by atoms with Crippen LogP contribution in [0.25, 0.3) is 0 Å². The number of hydrogen-bond acceptors (Lipinski definition) is 6. The van der Waals surface area contributed by atoms with Crippen molar-refractivity contribution in [2.24, 2.45) is 0 Å². The van der Waals surface area contributed by atoms with Crippen molar-refractivity contribution >= 4 is 51.3 Å². The maximum atomic E-state index is 13.0. The molecule has 0 fully saturated rings. The molecule has 0 spiro atoms. The zero-order valence-electron chi connectivity index (χ0n) is 16.4. The number of carbonyl (C=O) groups is 2. The van der Waals surface area contributed by atoms with Crippen LogP contribution in [0.15, 0.2) is 18.2 Å². The van der Waals surface area contributed by atoms with Crippen molar-refractivity contribution in [2.45, 2.75) is 19.3 Å². The van der Waals surface area contributed by atoms with Gasteiger partial charge in [-0.2, -0.15) is 26.3 Å². The molecule has 0 aliphatic carbocycles. The van der Waals surface area contributed by atoms with E-state index in [9.17, 15) is 35.9 Å². The van der Waals surface area contributed by atoms with Gasteiger partial charge in [0.25, 0.3) is 0 Å². The summed E-state index contributed by atoms with van der Waals surface area (Å²) < 4.78 is 87.4. The van der Waals surface area contributed by atoms with Gasteiger partial charge in [0.15, 0.2) is 5.11 Å². The number of methoxy groups -OCH3 is 2. The number of ether oxygens (including phenoxy) is 2. The Labute approximate surface area is 186 Å². The van der Waals surface area contributed by atoms with Gasteiger partial charge in [0, 0.05) is 5.69 Å². The van der Waals surface area contributed by atoms with E-state index in [0.29, 0.717) is 12.1 Å². The van der Waals surface area contributed by atoms with Crippen LogP contribution in [0.5, 0.6) is 0 Å². The van der Waals surface area contributed by atoms with E-state index < -0.39 is 46.2 Å². The van der Waals surface area contributed by atoms with Crippen molar-refractivity contribution in [3.63, 3.8) is 0 Å². The van der Waals surface area contributed by atoms with Crippen molar-refractivity contribution in [3.05, 3.63) is 45.3 Å². The first-order valence-electron chi connectivity index (χ1n) is 8.36. The van der Waals surface area contributed by atoms with Gasteiger partial charge in [-0.15, -0.1) is 11.3 Å². The van der Waals surface area contributed by atoms with E-state index in [2.05, 4.69) is 20.1 Å². The predicted molar refractivity (Wildman–Crippen MR) is 108 cm³/mol. The summed E-state index contributed by atoms with van der Waals surface area (Å²) in [5.74, 6) is -1.62. The first kappa shape index (κ1) is 25.4. The molecule has 32 heavy (non-hydrogen) atoms. The van der Waals surface area contributed by atoms with E-state index >= 15 is 0 Å². The minimum atomic E-state index is -5.04. The maximum absolute atomic E-state index is 13.0. The lowest BCUT2D eigenvalue weighted by Crippen LogP contribution is -2.21. The number of anilines is 2. The summed E-state index contributed by atoms with van der Waals surface area (Å²) in [6.45, 7) is 1.43. The number of rotatable bonds is 4. The highest BCUT2D eigenvalue weighted by atomic mass is 32.1. The molecule has 2 N–H and O–H groups in total. The second kappa shape index (κ2) is 9.32. The highest BCUT2D eigenvalue weighted by molar-refractivity contribution is 7.80. The average Bonchev–Trinajstić information content (AvgIpc) is 3.00. The highest BCUT2D eigenvalue weighted by Gasteiger charge is 2.37. The fraction of sp³-hybridized carbons (Fsp3) is 0.278. The Hall–Kier alpha value is -2.87. The minimum absolute atomic E-state index is 0.0183. The third kappa shape index (κ3) is 5.68. The zero-order valence-corrected chi connectivity index (χ0v) is 18.1. The van der Waals surface area contributed by atoms with E-state index in [1.807, 2.05) is 0 Å². The molecule has 6 nitrogen and oxygen atoms in total. The molecular weight excluding hydrogens is 486 g/mol. The number of thiocarbonyl (C=S) groups is 1. The van der Waals surface area contributed by atoms with Crippen molar-refractivity contribution < 1.29 is 45.4 Å². The van der Waals surface area contributed by atoms with Crippen LogP contribution < -0.4 is 10.6 Å². The third-order valence-corrected chi connectivity index (χ3v) is 5.37. The van der Waals surface area contributed by atoms with Crippen LogP contribution in [0.3, 0.4) is 0 Å². The Balaban J connectivity index is 2.41. The Morgan fingerprint density at radius 1 is 0.906 bits per heavy atom. The Kier molecular flexibility index (Phi) is 7.40. The quantitative estimate of drug-likeness (QED) is 0.327. The normalized spacial score (nSPS) is 11.7. The molecule has 0 saturated heterocycles. The smallest absolute Gasteiger partial charge is 0.416 e. The fourth-order valence-electron chi connectivity index (χ4n) is 2.53. The van der Waals surface area contributed by atoms with E-state index in [1.54, 1.807) is 0 Å². The molecule has 1 aromatic carbocycles. The summed E-state index contributed by atoms with van der Waals surface area (Å²) in [5.41, 5.74) is -3.56. The molecular formula is C18H14F6N2O4S2. The van der Waals surface area contributed by atoms with Gasteiger partial charge in [0.1, 0.15) is 9.88 Å². The number of alkyl halides is 6. The number of nitrogens with one attached hydrogen (secondary N) is 2. The van der Waals surface area contributed by atoms with Crippen LogP contribution in [-0.2, 0) is 21.8 Å². The Morgan fingerprint density at radius 2 is 1.41 bits per heavy atom. The van der Waals surface area contributed by atoms with Crippen LogP contribution in [-0.4, -0.2) is 31.3 Å². The number of thiophene rings is 1. The Bertz CT molecular complexity index is 1030. The highest BCUT2D eigenvalue weighted by Crippen LogP contribution is 2.38. The largest absolute Gasteiger partial charge is 0.465 e. The SMILES string of the molecule is COC(=O)c1sc(NC(=S)Nc2cc(C(F)(F)F)cc(C(F)(F)F)c2)c(C(=O)OC)c1C. The summed E-state index contributed by atoms with van der Waals surface area (Å²) in [4.78, 5) is 24.0. The summed E-state index contributed by atoms with van der Waals surface area (Å²) in [6.07, 6.45) is -10.1. The molecule has 0 atom stereocenters. The second-order valence-corrected chi connectivity index (χ2v) is 7.55. The molecule has 0 aliphatic rings. The van der Waals surface area contributed by atoms with Gasteiger partial charge in [0.2, 0.25) is 0 Å². The number of halogens is 6. The van der Waals surface area contributed by atoms with Crippen molar-refractivity contribution in [1.82, 2.24) is 0 Å². The van der Waals surface area contributed by atoms with Gasteiger partial charge >= 0.3 is 24.3 Å². The zero-order chi connectivity index (χ0) is 24.4. The van der Waals surface area contributed by atoms with Gasteiger partial charge in [-0.1, -0.05) is 0 Å². The molecule has 1 aromatic heterocycles. The van der Waals surface area contributed by atoms with Crippen LogP contribution in [0.1, 0.15) is 36.7 Å². The lowest BCUT2D eigenvalue weighted by molar-refractivity contribution is -0.143. The number of hydrogen-bond donors (Lipinski definition) is 2. The van der Waals surface area contributed by atoms with Gasteiger partial charge in [-0.25, -0.2) is 9.59 Å². The Morgan fingerprint density at radius 3 is 1.84 bits per heavy atom. The van der Waals surface area contributed by atoms with Gasteiger partial charge < -0.3 is 20.1 Å². The maximum Gasteiger partial charge on any atom is 0.416 e. The monoisotopic (exact) mass is 500 g/mol. The molecule has 0 radical (unpaired) electrons. The summed E-state index contributed by atoms with van der Waals surface area (Å²) in [6, 6.07) is 0.871. The fourth-order valence-corrected chi connectivity index (χ4v) is 3.93. The lowest BCUT2D eigenvalue weighted by Gasteiger charge is -2.16. The van der Waals surface area contributed by atoms with Gasteiger partial charge in [-0.05, 0) is 42.9 Å². The average molecular weight is 500 g/mol. The standard InChI is InChI=1S/C18H14F6N2O4S2/c1-7-11(14(27)29-2)13(32-12(7)15(28)30-3)26-16(31)25-10-5-8(17(19,20)21)4-9(6-10)18(22,23)24/h4-6H,1-3H3,(H2,25,26,31). The van der Waals surface area contributed by atoms with Crippen LogP contribution in [0.4, 0.5) is 37.0 Å². The molecule has 0 saturated carbocycles. The molecule has 0 aliphatic heterocycles. The summed E-state index contributed by atoms with van der Waals surface area (Å²) in [5, 5.41) is 4.28. The minimum Gasteiger partial charge on any atom is -0.465 e. The van der Waals surface area contributed by atoms with E-state index in [0.717, 1.165) is 25.6 Å². The first-order chi connectivity index (χ1) is 14.7. The second-order valence-electron chi connectivity index (χ2n) is 6.12. The number of carbonyl (C=O) groups excluding carboxylic acids is 2. The summed E-state index contributed by atoms with van der Waals surface area (Å²) in [7, 11) is 2.20. The van der Waals surface area contributed by atoms with Crippen LogP contribution in [0, 0.1) is 6.92 Å². The van der Waals surface area contributed by atoms with E-state index in [-0.39, 0.29) is 27.1 Å². The lowest BCUT2D eigenvalue weighted by atomic mass is 10.1. The molecule has 2 aromatic rings. The third-order valence-electron chi connectivity index (χ3n) is 3.98. The molecule has 14 heteroatoms. The number of esters is 2. The molecule has 0 bridgehead atoms. The van der Waals surface area contributed by atoms with Crippen molar-refractivity contribution in [3.8, 4) is 0 Å². The first-order valence-corrected chi connectivity index (χ1v) is 9.59. The van der Waals surface area contributed by atoms with Gasteiger partial charge in [0.05, 0.1) is 30.9 Å². The molecule has 1 heterocycles. The van der Waals surface area contributed by atoms with Crippen molar-refractivity contribution in [1.29, 1.82) is 0 Å². The molecule has 0 amide bonds. The van der Waals surface area contributed by atoms with Gasteiger partial charge in [-0.3, -0.25) is 0 Å². The van der Waals surface area contributed by atoms with Crippen LogP contribution >= 0.6 is 23.6 Å². The van der Waals surface area contributed by atoms with E-state index in [4.69, 9.17) is 12.2 Å². The number of benzene rings is 1. The van der Waals surface area contributed by atoms with Crippen LogP contribution in [0.2, 0.25) is 0 Å². The van der Waals surface area contributed by atoms with Crippen molar-refractivity contribution in [2.75, 3.05) is 24.9 Å². The molecule has 2 rings (SSSR count). The summed E-state index contributed by atoms with van der Waals surface area (Å²) >= 11 is 5.72. The van der Waals surface area contributed by atoms with E-state index in [1.165, 1.54) is 6.92 Å². The topological polar surface area (TPSA) is 76.7 Å².